The van der Waals surface area contributed by atoms with E-state index in [9.17, 15) is 13.6 Å². The van der Waals surface area contributed by atoms with Crippen LogP contribution in [0.4, 0.5) is 14.5 Å². The number of halogens is 2. The number of carbonyl (C=O) groups is 1. The summed E-state index contributed by atoms with van der Waals surface area (Å²) in [5.74, 6) is -0.897. The van der Waals surface area contributed by atoms with Gasteiger partial charge >= 0.3 is 0 Å². The highest BCUT2D eigenvalue weighted by Gasteiger charge is 2.21. The van der Waals surface area contributed by atoms with E-state index < -0.39 is 16.9 Å². The van der Waals surface area contributed by atoms with Crippen molar-refractivity contribution in [3.8, 4) is 11.4 Å². The number of rotatable bonds is 5. The third-order valence-corrected chi connectivity index (χ3v) is 4.87. The Kier molecular flexibility index (Phi) is 5.32. The van der Waals surface area contributed by atoms with Crippen LogP contribution in [0.3, 0.4) is 0 Å². The second-order valence-corrected chi connectivity index (χ2v) is 6.88. The Morgan fingerprint density at radius 1 is 1.08 bits per heavy atom. The summed E-state index contributed by atoms with van der Waals surface area (Å²) < 4.78 is 29.2. The Bertz CT molecular complexity index is 944. The Balaban J connectivity index is 1.74. The molecule has 26 heavy (non-hydrogen) atoms. The van der Waals surface area contributed by atoms with Gasteiger partial charge in [0.2, 0.25) is 5.91 Å². The molecule has 134 valence electrons. The molecule has 0 aliphatic carbocycles. The van der Waals surface area contributed by atoms with E-state index in [1.165, 1.54) is 18.2 Å². The van der Waals surface area contributed by atoms with Crippen LogP contribution in [0.25, 0.3) is 11.4 Å². The molecule has 1 heterocycles. The van der Waals surface area contributed by atoms with Crippen molar-refractivity contribution < 1.29 is 13.6 Å². The molecule has 0 unspecified atom stereocenters. The van der Waals surface area contributed by atoms with Gasteiger partial charge in [-0.3, -0.25) is 4.79 Å². The van der Waals surface area contributed by atoms with Crippen LogP contribution in [0.2, 0.25) is 0 Å². The number of amides is 1. The third kappa shape index (κ3) is 3.75. The molecule has 0 bridgehead atoms. The molecule has 0 fully saturated rings. The van der Waals surface area contributed by atoms with Crippen molar-refractivity contribution in [1.29, 1.82) is 0 Å². The fourth-order valence-electron chi connectivity index (χ4n) is 2.30. The molecule has 2 aromatic carbocycles. The molecule has 0 spiro atoms. The molecular formula is C18H16F2N4OS. The number of hydrogen-bond acceptors (Lipinski definition) is 4. The number of thioether (sulfide) groups is 1. The van der Waals surface area contributed by atoms with Gasteiger partial charge in [0.15, 0.2) is 11.0 Å². The predicted octanol–water partition coefficient (Wildman–Crippen LogP) is 3.88. The number of para-hydroxylation sites is 1. The molecule has 0 saturated heterocycles. The van der Waals surface area contributed by atoms with E-state index in [0.29, 0.717) is 16.5 Å². The van der Waals surface area contributed by atoms with Gasteiger partial charge in [-0.05, 0) is 31.2 Å². The van der Waals surface area contributed by atoms with Crippen LogP contribution in [0.5, 0.6) is 0 Å². The van der Waals surface area contributed by atoms with Gasteiger partial charge in [-0.2, -0.15) is 0 Å². The van der Waals surface area contributed by atoms with Gasteiger partial charge in [0.05, 0.1) is 16.5 Å². The molecule has 1 N–H and O–H groups in total. The van der Waals surface area contributed by atoms with Gasteiger partial charge in [-0.15, -0.1) is 10.2 Å². The molecule has 0 aliphatic heterocycles. The monoisotopic (exact) mass is 374 g/mol. The molecule has 1 aromatic heterocycles. The van der Waals surface area contributed by atoms with E-state index in [-0.39, 0.29) is 11.6 Å². The first kappa shape index (κ1) is 18.1. The minimum Gasteiger partial charge on any atom is -0.323 e. The molecule has 0 radical (unpaired) electrons. The normalized spacial score (nSPS) is 12.0. The Morgan fingerprint density at radius 2 is 1.73 bits per heavy atom. The number of benzene rings is 2. The van der Waals surface area contributed by atoms with Crippen LogP contribution in [0.15, 0.2) is 53.7 Å². The van der Waals surface area contributed by atoms with Crippen LogP contribution in [-0.2, 0) is 11.8 Å². The molecule has 0 aliphatic rings. The van der Waals surface area contributed by atoms with E-state index in [1.54, 1.807) is 48.9 Å². The average Bonchev–Trinajstić information content (AvgIpc) is 2.98. The third-order valence-electron chi connectivity index (χ3n) is 3.73. The maximum Gasteiger partial charge on any atom is 0.237 e. The molecule has 1 atom stereocenters. The van der Waals surface area contributed by atoms with E-state index in [4.69, 9.17) is 0 Å². The van der Waals surface area contributed by atoms with Crippen molar-refractivity contribution in [3.05, 3.63) is 60.2 Å². The van der Waals surface area contributed by atoms with E-state index in [0.717, 1.165) is 11.8 Å². The van der Waals surface area contributed by atoms with E-state index >= 15 is 0 Å². The number of hydrogen-bond donors (Lipinski definition) is 1. The zero-order valence-electron chi connectivity index (χ0n) is 14.1. The van der Waals surface area contributed by atoms with Crippen molar-refractivity contribution in [1.82, 2.24) is 14.8 Å². The molecule has 8 heteroatoms. The molecule has 0 saturated carbocycles. The lowest BCUT2D eigenvalue weighted by atomic mass is 10.2. The number of nitrogens with one attached hydrogen (secondary N) is 1. The summed E-state index contributed by atoms with van der Waals surface area (Å²) >= 11 is 1.16. The standard InChI is InChI=1S/C18H16F2N4OS/c1-11(17(25)21-15-10-6-5-9-14(15)20)26-18-23-22-16(24(18)2)12-7-3-4-8-13(12)19/h3-11H,1-2H3,(H,21,25)/t11-/m0/s1. The summed E-state index contributed by atoms with van der Waals surface area (Å²) in [6.07, 6.45) is 0. The van der Waals surface area contributed by atoms with E-state index in [2.05, 4.69) is 15.5 Å². The lowest BCUT2D eigenvalue weighted by molar-refractivity contribution is -0.115. The summed E-state index contributed by atoms with van der Waals surface area (Å²) in [5, 5.41) is 10.5. The number of aromatic nitrogens is 3. The fourth-order valence-corrected chi connectivity index (χ4v) is 3.12. The lowest BCUT2D eigenvalue weighted by Gasteiger charge is -2.12. The van der Waals surface area contributed by atoms with Gasteiger partial charge in [-0.1, -0.05) is 36.0 Å². The SMILES string of the molecule is C[C@H](Sc1nnc(-c2ccccc2F)n1C)C(=O)Nc1ccccc1F. The van der Waals surface area contributed by atoms with Crippen molar-refractivity contribution in [2.75, 3.05) is 5.32 Å². The summed E-state index contributed by atoms with van der Waals surface area (Å²) in [6.45, 7) is 1.68. The first-order chi connectivity index (χ1) is 12.5. The number of carbonyl (C=O) groups excluding carboxylic acids is 1. The zero-order chi connectivity index (χ0) is 18.7. The Labute approximate surface area is 153 Å². The predicted molar refractivity (Wildman–Crippen MR) is 96.7 cm³/mol. The summed E-state index contributed by atoms with van der Waals surface area (Å²) in [7, 11) is 1.70. The van der Waals surface area contributed by atoms with Gasteiger partial charge in [0, 0.05) is 7.05 Å². The Hall–Kier alpha value is -2.74. The maximum absolute atomic E-state index is 13.9. The summed E-state index contributed by atoms with van der Waals surface area (Å²) in [5.41, 5.74) is 0.452. The highest BCUT2D eigenvalue weighted by atomic mass is 32.2. The first-order valence-electron chi connectivity index (χ1n) is 7.83. The second-order valence-electron chi connectivity index (χ2n) is 5.57. The summed E-state index contributed by atoms with van der Waals surface area (Å²) in [4.78, 5) is 12.3. The topological polar surface area (TPSA) is 59.8 Å². The molecular weight excluding hydrogens is 358 g/mol. The van der Waals surface area contributed by atoms with Crippen LogP contribution < -0.4 is 5.32 Å². The van der Waals surface area contributed by atoms with Crippen molar-refractivity contribution in [2.24, 2.45) is 7.05 Å². The van der Waals surface area contributed by atoms with Gasteiger partial charge in [-0.25, -0.2) is 8.78 Å². The average molecular weight is 374 g/mol. The molecule has 5 nitrogen and oxygen atoms in total. The van der Waals surface area contributed by atoms with Crippen LogP contribution in [0.1, 0.15) is 6.92 Å². The first-order valence-corrected chi connectivity index (χ1v) is 8.71. The van der Waals surface area contributed by atoms with Crippen LogP contribution in [-0.4, -0.2) is 25.9 Å². The molecule has 3 rings (SSSR count). The minimum absolute atomic E-state index is 0.120. The van der Waals surface area contributed by atoms with E-state index in [1.807, 2.05) is 0 Å². The van der Waals surface area contributed by atoms with Gasteiger partial charge in [0.25, 0.3) is 0 Å². The largest absolute Gasteiger partial charge is 0.323 e. The number of anilines is 1. The molecule has 3 aromatic rings. The van der Waals surface area contributed by atoms with Crippen molar-refractivity contribution in [2.45, 2.75) is 17.3 Å². The summed E-state index contributed by atoms with van der Waals surface area (Å²) in [6, 6.07) is 12.2. The maximum atomic E-state index is 13.9. The minimum atomic E-state index is -0.550. The van der Waals surface area contributed by atoms with Crippen molar-refractivity contribution in [3.63, 3.8) is 0 Å². The quantitative estimate of drug-likeness (QED) is 0.689. The highest BCUT2D eigenvalue weighted by Crippen LogP contribution is 2.27. The molecule has 1 amide bonds. The van der Waals surface area contributed by atoms with Crippen LogP contribution >= 0.6 is 11.8 Å². The van der Waals surface area contributed by atoms with Gasteiger partial charge in [0.1, 0.15) is 11.6 Å². The van der Waals surface area contributed by atoms with Crippen molar-refractivity contribution >= 4 is 23.4 Å². The Morgan fingerprint density at radius 3 is 2.42 bits per heavy atom. The smallest absolute Gasteiger partial charge is 0.237 e. The van der Waals surface area contributed by atoms with Crippen LogP contribution in [0, 0.1) is 11.6 Å². The fraction of sp³-hybridized carbons (Fsp3) is 0.167. The zero-order valence-corrected chi connectivity index (χ0v) is 14.9. The second kappa shape index (κ2) is 7.65. The number of nitrogens with zero attached hydrogens (tertiary/aromatic N) is 3. The highest BCUT2D eigenvalue weighted by molar-refractivity contribution is 8.00. The lowest BCUT2D eigenvalue weighted by Crippen LogP contribution is -2.23. The van der Waals surface area contributed by atoms with Gasteiger partial charge < -0.3 is 9.88 Å².